The molecular weight excluding hydrogens is 218 g/mol. The van der Waals surface area contributed by atoms with Crippen LogP contribution in [0, 0.1) is 0 Å². The van der Waals surface area contributed by atoms with Crippen molar-refractivity contribution in [1.82, 2.24) is 5.32 Å². The third-order valence-corrected chi connectivity index (χ3v) is 2.79. The summed E-state index contributed by atoms with van der Waals surface area (Å²) in [6.45, 7) is 3.85. The van der Waals surface area contributed by atoms with Gasteiger partial charge in [0.25, 0.3) is 10.1 Å². The Bertz CT molecular complexity index is 272. The van der Waals surface area contributed by atoms with E-state index in [0.29, 0.717) is 0 Å². The fraction of sp³-hybridized carbons (Fsp3) is 1.00. The van der Waals surface area contributed by atoms with Gasteiger partial charge in [0.1, 0.15) is 0 Å². The van der Waals surface area contributed by atoms with E-state index < -0.39 is 10.1 Å². The molecule has 1 aliphatic heterocycles. The molecule has 0 amide bonds. The van der Waals surface area contributed by atoms with Gasteiger partial charge in [-0.15, -0.1) is 0 Å². The molecule has 90 valence electrons. The van der Waals surface area contributed by atoms with E-state index in [-0.39, 0.29) is 18.8 Å². The van der Waals surface area contributed by atoms with Gasteiger partial charge >= 0.3 is 0 Å². The summed E-state index contributed by atoms with van der Waals surface area (Å²) >= 11 is 0. The summed E-state index contributed by atoms with van der Waals surface area (Å²) in [5, 5.41) is 3.24. The molecular formula is C9H19NO4S. The van der Waals surface area contributed by atoms with E-state index >= 15 is 0 Å². The molecule has 1 saturated heterocycles. The zero-order valence-corrected chi connectivity index (χ0v) is 10.0. The van der Waals surface area contributed by atoms with Crippen LogP contribution in [0.25, 0.3) is 0 Å². The van der Waals surface area contributed by atoms with Crippen molar-refractivity contribution >= 4 is 10.1 Å². The molecule has 0 unspecified atom stereocenters. The van der Waals surface area contributed by atoms with Crippen LogP contribution in [0.1, 0.15) is 19.8 Å². The number of nitrogens with one attached hydrogen (secondary N) is 1. The van der Waals surface area contributed by atoms with Gasteiger partial charge in [-0.1, -0.05) is 0 Å². The Morgan fingerprint density at radius 3 is 2.53 bits per heavy atom. The second-order valence-electron chi connectivity index (χ2n) is 3.88. The Morgan fingerprint density at radius 2 is 2.00 bits per heavy atom. The number of piperidine rings is 1. The third-order valence-electron chi connectivity index (χ3n) is 2.23. The molecule has 0 aromatic rings. The molecule has 0 aliphatic carbocycles. The van der Waals surface area contributed by atoms with Crippen molar-refractivity contribution < 1.29 is 17.3 Å². The van der Waals surface area contributed by atoms with Gasteiger partial charge in [-0.2, -0.15) is 8.42 Å². The minimum atomic E-state index is -3.35. The van der Waals surface area contributed by atoms with Crippen LogP contribution < -0.4 is 5.32 Å². The van der Waals surface area contributed by atoms with Crippen molar-refractivity contribution in [2.24, 2.45) is 0 Å². The first kappa shape index (κ1) is 12.9. The van der Waals surface area contributed by atoms with Crippen LogP contribution in [0.4, 0.5) is 0 Å². The molecule has 0 bridgehead atoms. The molecule has 6 heteroatoms. The fourth-order valence-corrected chi connectivity index (χ4v) is 1.96. The highest BCUT2D eigenvalue weighted by molar-refractivity contribution is 7.85. The molecule has 1 aliphatic rings. The predicted octanol–water partition coefficient (Wildman–Crippen LogP) is 0.120. The minimum absolute atomic E-state index is 0.1000. The fourth-order valence-electron chi connectivity index (χ4n) is 1.52. The van der Waals surface area contributed by atoms with E-state index in [9.17, 15) is 8.42 Å². The summed E-state index contributed by atoms with van der Waals surface area (Å²) in [6.07, 6.45) is 3.05. The Morgan fingerprint density at radius 1 is 1.40 bits per heavy atom. The molecule has 1 heterocycles. The molecule has 5 nitrogen and oxygen atoms in total. The monoisotopic (exact) mass is 237 g/mol. The van der Waals surface area contributed by atoms with Crippen LogP contribution in [0.5, 0.6) is 0 Å². The molecule has 0 spiro atoms. The highest BCUT2D eigenvalue weighted by atomic mass is 32.2. The molecule has 0 aromatic carbocycles. The smallest absolute Gasteiger partial charge is 0.264 e. The maximum absolute atomic E-state index is 10.7. The van der Waals surface area contributed by atoms with E-state index in [1.165, 1.54) is 0 Å². The van der Waals surface area contributed by atoms with Crippen molar-refractivity contribution in [2.75, 3.05) is 26.0 Å². The van der Waals surface area contributed by atoms with Crippen molar-refractivity contribution in [3.8, 4) is 0 Å². The Kier molecular flexibility index (Phi) is 4.98. The summed E-state index contributed by atoms with van der Waals surface area (Å²) in [6, 6.07) is 0. The third kappa shape index (κ3) is 6.09. The second kappa shape index (κ2) is 5.79. The maximum atomic E-state index is 10.7. The molecule has 1 rings (SSSR count). The first-order valence-electron chi connectivity index (χ1n) is 5.18. The largest absolute Gasteiger partial charge is 0.373 e. The molecule has 15 heavy (non-hydrogen) atoms. The summed E-state index contributed by atoms with van der Waals surface area (Å²) < 4.78 is 31.8. The van der Waals surface area contributed by atoms with Gasteiger partial charge in [0.15, 0.2) is 0 Å². The zero-order chi connectivity index (χ0) is 11.3. The topological polar surface area (TPSA) is 64.6 Å². The first-order chi connectivity index (χ1) is 6.97. The Labute approximate surface area is 91.3 Å². The van der Waals surface area contributed by atoms with Gasteiger partial charge in [0.2, 0.25) is 0 Å². The average molecular weight is 237 g/mol. The van der Waals surface area contributed by atoms with Crippen molar-refractivity contribution in [3.63, 3.8) is 0 Å². The molecule has 1 N–H and O–H groups in total. The van der Waals surface area contributed by atoms with Gasteiger partial charge in [0, 0.05) is 0 Å². The molecule has 0 aromatic heterocycles. The highest BCUT2D eigenvalue weighted by Crippen LogP contribution is 2.10. The molecule has 0 radical (unpaired) electrons. The number of hydrogen-bond acceptors (Lipinski definition) is 5. The van der Waals surface area contributed by atoms with Gasteiger partial charge in [0.05, 0.1) is 25.1 Å². The first-order valence-corrected chi connectivity index (χ1v) is 6.99. The summed E-state index contributed by atoms with van der Waals surface area (Å²) in [4.78, 5) is 0. The van der Waals surface area contributed by atoms with E-state index in [0.717, 1.165) is 32.2 Å². The van der Waals surface area contributed by atoms with Gasteiger partial charge in [-0.3, -0.25) is 4.18 Å². The van der Waals surface area contributed by atoms with Crippen LogP contribution in [0.2, 0.25) is 0 Å². The minimum Gasteiger partial charge on any atom is -0.373 e. The number of hydrogen-bond donors (Lipinski definition) is 1. The van der Waals surface area contributed by atoms with Gasteiger partial charge in [-0.05, 0) is 32.9 Å². The average Bonchev–Trinajstić information content (AvgIpc) is 2.15. The quantitative estimate of drug-likeness (QED) is 0.688. The van der Waals surface area contributed by atoms with Gasteiger partial charge < -0.3 is 10.1 Å². The van der Waals surface area contributed by atoms with Crippen molar-refractivity contribution in [3.05, 3.63) is 0 Å². The summed E-state index contributed by atoms with van der Waals surface area (Å²) in [5.41, 5.74) is 0. The number of ether oxygens (including phenoxy) is 1. The van der Waals surface area contributed by atoms with Crippen LogP contribution in [-0.2, 0) is 19.0 Å². The second-order valence-corrected chi connectivity index (χ2v) is 5.53. The van der Waals surface area contributed by atoms with E-state index in [2.05, 4.69) is 9.50 Å². The van der Waals surface area contributed by atoms with Crippen LogP contribution in [-0.4, -0.2) is 46.6 Å². The van der Waals surface area contributed by atoms with Gasteiger partial charge in [-0.25, -0.2) is 0 Å². The Balaban J connectivity index is 2.20. The lowest BCUT2D eigenvalue weighted by atomic mass is 10.1. The lowest BCUT2D eigenvalue weighted by Gasteiger charge is -2.26. The van der Waals surface area contributed by atoms with Crippen LogP contribution >= 0.6 is 0 Å². The lowest BCUT2D eigenvalue weighted by molar-refractivity contribution is -0.0351. The normalized spacial score (nSPS) is 21.5. The van der Waals surface area contributed by atoms with E-state index in [1.54, 1.807) is 0 Å². The predicted molar refractivity (Wildman–Crippen MR) is 57.2 cm³/mol. The summed E-state index contributed by atoms with van der Waals surface area (Å²) in [7, 11) is -3.35. The van der Waals surface area contributed by atoms with E-state index in [4.69, 9.17) is 4.74 Å². The standard InChI is InChI=1S/C9H19NO4S/c1-8(7-13-15(2,11)12)14-9-3-5-10-6-4-9/h8-10H,3-7H2,1-2H3/t8-/m1/s1. The van der Waals surface area contributed by atoms with Crippen LogP contribution in [0.15, 0.2) is 0 Å². The zero-order valence-electron chi connectivity index (χ0n) is 9.23. The van der Waals surface area contributed by atoms with Crippen LogP contribution in [0.3, 0.4) is 0 Å². The van der Waals surface area contributed by atoms with E-state index in [1.807, 2.05) is 6.92 Å². The highest BCUT2D eigenvalue weighted by Gasteiger charge is 2.17. The van der Waals surface area contributed by atoms with Crippen molar-refractivity contribution in [1.29, 1.82) is 0 Å². The maximum Gasteiger partial charge on any atom is 0.264 e. The Hall–Kier alpha value is -0.170. The lowest BCUT2D eigenvalue weighted by Crippen LogP contribution is -2.35. The molecule has 0 saturated carbocycles. The molecule has 1 atom stereocenters. The van der Waals surface area contributed by atoms with Crippen molar-refractivity contribution in [2.45, 2.75) is 32.0 Å². The molecule has 1 fully saturated rings. The summed E-state index contributed by atoms with van der Waals surface area (Å²) in [5.74, 6) is 0. The SMILES string of the molecule is C[C@H](COS(C)(=O)=O)OC1CCNCC1. The number of rotatable bonds is 5.